The molecular formula is C20H26N6O2. The van der Waals surface area contributed by atoms with Crippen molar-refractivity contribution in [1.82, 2.24) is 30.7 Å². The maximum atomic E-state index is 13.2. The number of likely N-dealkylation sites (N-methyl/N-ethyl adjacent to an activating group) is 1. The lowest BCUT2D eigenvalue weighted by atomic mass is 9.92. The number of amides is 3. The van der Waals surface area contributed by atoms with Crippen molar-refractivity contribution in [2.45, 2.75) is 45.7 Å². The summed E-state index contributed by atoms with van der Waals surface area (Å²) in [4.78, 5) is 30.9. The first-order valence-corrected chi connectivity index (χ1v) is 9.15. The fourth-order valence-electron chi connectivity index (χ4n) is 3.13. The minimum absolute atomic E-state index is 0.0700. The normalized spacial score (nSPS) is 17.2. The molecule has 8 nitrogen and oxygen atoms in total. The van der Waals surface area contributed by atoms with E-state index in [2.05, 4.69) is 46.6 Å². The zero-order chi connectivity index (χ0) is 20.5. The molecule has 1 aliphatic rings. The number of rotatable bonds is 4. The van der Waals surface area contributed by atoms with Gasteiger partial charge in [-0.05, 0) is 24.6 Å². The number of allylic oxidation sites excluding steroid dienone is 1. The number of aromatic amines is 1. The highest BCUT2D eigenvalue weighted by molar-refractivity contribution is 5.98. The highest BCUT2D eigenvalue weighted by atomic mass is 16.2. The van der Waals surface area contributed by atoms with E-state index in [4.69, 9.17) is 0 Å². The average Bonchev–Trinajstić information content (AvgIpc) is 3.10. The Kier molecular flexibility index (Phi) is 5.22. The zero-order valence-corrected chi connectivity index (χ0v) is 16.8. The molecule has 3 heterocycles. The lowest BCUT2D eigenvalue weighted by molar-refractivity contribution is -0.126. The van der Waals surface area contributed by atoms with Crippen molar-refractivity contribution in [3.8, 4) is 0 Å². The molecule has 2 aromatic rings. The predicted molar refractivity (Wildman–Crippen MR) is 105 cm³/mol. The molecule has 28 heavy (non-hydrogen) atoms. The Morgan fingerprint density at radius 2 is 2.07 bits per heavy atom. The van der Waals surface area contributed by atoms with E-state index in [0.717, 1.165) is 17.0 Å². The number of pyridine rings is 1. The van der Waals surface area contributed by atoms with Gasteiger partial charge in [-0.15, -0.1) is 0 Å². The van der Waals surface area contributed by atoms with Crippen molar-refractivity contribution in [2.75, 3.05) is 7.05 Å². The maximum absolute atomic E-state index is 13.2. The van der Waals surface area contributed by atoms with Gasteiger partial charge in [0.1, 0.15) is 0 Å². The second-order valence-corrected chi connectivity index (χ2v) is 8.05. The number of carbonyl (C=O) groups excluding carboxylic acids is 2. The Bertz CT molecular complexity index is 910. The van der Waals surface area contributed by atoms with Crippen molar-refractivity contribution in [3.63, 3.8) is 0 Å². The van der Waals surface area contributed by atoms with E-state index in [-0.39, 0.29) is 17.4 Å². The molecule has 0 aliphatic carbocycles. The van der Waals surface area contributed by atoms with Crippen LogP contribution in [0.2, 0.25) is 0 Å². The molecule has 0 fully saturated rings. The van der Waals surface area contributed by atoms with Crippen LogP contribution in [0.15, 0.2) is 41.9 Å². The Morgan fingerprint density at radius 1 is 1.32 bits per heavy atom. The van der Waals surface area contributed by atoms with Crippen LogP contribution in [-0.4, -0.2) is 39.1 Å². The van der Waals surface area contributed by atoms with Gasteiger partial charge in [-0.25, -0.2) is 4.79 Å². The third-order valence-corrected chi connectivity index (χ3v) is 4.67. The Morgan fingerprint density at radius 3 is 2.68 bits per heavy atom. The molecule has 0 radical (unpaired) electrons. The van der Waals surface area contributed by atoms with Crippen molar-refractivity contribution in [3.05, 3.63) is 58.8 Å². The number of nitrogens with zero attached hydrogens (tertiary/aromatic N) is 3. The summed E-state index contributed by atoms with van der Waals surface area (Å²) in [6.07, 6.45) is 3.31. The van der Waals surface area contributed by atoms with Crippen LogP contribution in [0.5, 0.6) is 0 Å². The molecule has 0 saturated heterocycles. The summed E-state index contributed by atoms with van der Waals surface area (Å²) in [6.45, 7) is 8.38. The molecule has 1 atom stereocenters. The van der Waals surface area contributed by atoms with Gasteiger partial charge in [0.2, 0.25) is 0 Å². The largest absolute Gasteiger partial charge is 0.336 e. The molecule has 0 saturated carbocycles. The molecule has 1 aliphatic heterocycles. The van der Waals surface area contributed by atoms with E-state index < -0.39 is 6.04 Å². The number of H-pyrrole nitrogens is 1. The second-order valence-electron chi connectivity index (χ2n) is 8.05. The molecule has 0 unspecified atom stereocenters. The van der Waals surface area contributed by atoms with E-state index in [1.165, 1.54) is 0 Å². The van der Waals surface area contributed by atoms with Crippen LogP contribution in [-0.2, 0) is 16.8 Å². The van der Waals surface area contributed by atoms with Crippen molar-refractivity contribution < 1.29 is 9.59 Å². The lowest BCUT2D eigenvalue weighted by Crippen LogP contribution is -2.47. The summed E-state index contributed by atoms with van der Waals surface area (Å²) in [6, 6.07) is 4.71. The van der Waals surface area contributed by atoms with E-state index in [9.17, 15) is 9.59 Å². The first-order chi connectivity index (χ1) is 13.2. The monoisotopic (exact) mass is 382 g/mol. The third-order valence-electron chi connectivity index (χ3n) is 4.67. The summed E-state index contributed by atoms with van der Waals surface area (Å²) in [5.41, 5.74) is 3.51. The van der Waals surface area contributed by atoms with Gasteiger partial charge in [0.15, 0.2) is 0 Å². The molecule has 0 spiro atoms. The molecule has 3 N–H and O–H groups in total. The predicted octanol–water partition coefficient (Wildman–Crippen LogP) is 2.39. The summed E-state index contributed by atoms with van der Waals surface area (Å²) < 4.78 is 0. The topological polar surface area (TPSA) is 103 Å². The van der Waals surface area contributed by atoms with Gasteiger partial charge in [0, 0.05) is 30.6 Å². The molecule has 3 rings (SSSR count). The summed E-state index contributed by atoms with van der Waals surface area (Å²) in [7, 11) is 1.73. The molecular weight excluding hydrogens is 356 g/mol. The number of urea groups is 1. The Labute approximate surface area is 164 Å². The molecule has 148 valence electrons. The molecule has 8 heteroatoms. The van der Waals surface area contributed by atoms with Gasteiger partial charge in [0.25, 0.3) is 5.91 Å². The number of carbonyl (C=O) groups is 2. The number of hydrogen-bond donors (Lipinski definition) is 3. The first kappa shape index (κ1) is 19.6. The van der Waals surface area contributed by atoms with Gasteiger partial charge in [-0.2, -0.15) is 5.10 Å². The number of aromatic nitrogens is 3. The minimum Gasteiger partial charge on any atom is -0.336 e. The van der Waals surface area contributed by atoms with E-state index in [0.29, 0.717) is 17.8 Å². The molecule has 0 bridgehead atoms. The summed E-state index contributed by atoms with van der Waals surface area (Å²) >= 11 is 0. The summed E-state index contributed by atoms with van der Waals surface area (Å²) in [5.74, 6) is -0.175. The van der Waals surface area contributed by atoms with Crippen LogP contribution in [0, 0.1) is 0 Å². The smallest absolute Gasteiger partial charge is 0.319 e. The highest BCUT2D eigenvalue weighted by Crippen LogP contribution is 2.28. The van der Waals surface area contributed by atoms with E-state index in [1.807, 2.05) is 12.1 Å². The van der Waals surface area contributed by atoms with Crippen molar-refractivity contribution in [2.24, 2.45) is 0 Å². The van der Waals surface area contributed by atoms with Crippen LogP contribution >= 0.6 is 0 Å². The highest BCUT2D eigenvalue weighted by Gasteiger charge is 2.33. The first-order valence-electron chi connectivity index (χ1n) is 9.15. The average molecular weight is 382 g/mol. The SMILES string of the molecule is CC1=C(C(=O)N(C)Cc2cc(C(C)(C)C)n[nH]2)[C@H](c2cccnc2)NC(=O)N1. The Hall–Kier alpha value is -3.16. The second kappa shape index (κ2) is 7.46. The van der Waals surface area contributed by atoms with E-state index >= 15 is 0 Å². The van der Waals surface area contributed by atoms with E-state index in [1.54, 1.807) is 37.3 Å². The summed E-state index contributed by atoms with van der Waals surface area (Å²) in [5, 5.41) is 12.9. The van der Waals surface area contributed by atoms with Crippen LogP contribution in [0.25, 0.3) is 0 Å². The third kappa shape index (κ3) is 4.05. The Balaban J connectivity index is 1.85. The van der Waals surface area contributed by atoms with Gasteiger partial charge < -0.3 is 15.5 Å². The minimum atomic E-state index is -0.552. The van der Waals surface area contributed by atoms with Gasteiger partial charge in [0.05, 0.1) is 29.5 Å². The zero-order valence-electron chi connectivity index (χ0n) is 16.8. The van der Waals surface area contributed by atoms with Gasteiger partial charge in [-0.1, -0.05) is 26.8 Å². The van der Waals surface area contributed by atoms with Crippen LogP contribution in [0.4, 0.5) is 4.79 Å². The number of hydrogen-bond acceptors (Lipinski definition) is 4. The maximum Gasteiger partial charge on any atom is 0.319 e. The lowest BCUT2D eigenvalue weighted by Gasteiger charge is -2.30. The molecule has 0 aromatic carbocycles. The quantitative estimate of drug-likeness (QED) is 0.755. The number of nitrogens with one attached hydrogen (secondary N) is 3. The van der Waals surface area contributed by atoms with Gasteiger partial charge >= 0.3 is 6.03 Å². The molecule has 3 amide bonds. The van der Waals surface area contributed by atoms with Crippen molar-refractivity contribution in [1.29, 1.82) is 0 Å². The fourth-order valence-corrected chi connectivity index (χ4v) is 3.13. The fraction of sp³-hybridized carbons (Fsp3) is 0.400. The van der Waals surface area contributed by atoms with Crippen molar-refractivity contribution >= 4 is 11.9 Å². The van der Waals surface area contributed by atoms with Gasteiger partial charge in [-0.3, -0.25) is 14.9 Å². The van der Waals surface area contributed by atoms with Crippen LogP contribution < -0.4 is 10.6 Å². The molecule has 2 aromatic heterocycles. The standard InChI is InChI=1S/C20H26N6O2/c1-12-16(17(23-19(28)22-12)13-7-6-8-21-10-13)18(27)26(5)11-14-9-15(25-24-14)20(2,3)4/h6-10,17H,11H2,1-5H3,(H,24,25)(H2,22,23,28)/t17-/m0/s1. The van der Waals surface area contributed by atoms with Crippen LogP contribution in [0.1, 0.15) is 50.7 Å². The van der Waals surface area contributed by atoms with Crippen LogP contribution in [0.3, 0.4) is 0 Å².